The minimum absolute atomic E-state index is 0.328. The standard InChI is InChI=1S/C16H14N6OS/c1-11-4-2-3-5-12(11)8-14-18-21-22(19-14)9-15-17-16(23-20-15)13-6-7-24-10-13/h2-7,10H,8-9H2,1H3. The molecule has 4 rings (SSSR count). The van der Waals surface area contributed by atoms with Crippen LogP contribution in [0.4, 0.5) is 0 Å². The summed E-state index contributed by atoms with van der Waals surface area (Å²) in [6, 6.07) is 10.1. The highest BCUT2D eigenvalue weighted by Crippen LogP contribution is 2.19. The summed E-state index contributed by atoms with van der Waals surface area (Å²) in [5, 5.41) is 20.5. The molecule has 0 atom stereocenters. The molecular formula is C16H14N6OS. The van der Waals surface area contributed by atoms with E-state index in [-0.39, 0.29) is 0 Å². The quantitative estimate of drug-likeness (QED) is 0.556. The van der Waals surface area contributed by atoms with Crippen molar-refractivity contribution in [2.45, 2.75) is 19.9 Å². The molecule has 0 aliphatic heterocycles. The van der Waals surface area contributed by atoms with Gasteiger partial charge < -0.3 is 4.52 Å². The van der Waals surface area contributed by atoms with E-state index in [9.17, 15) is 0 Å². The lowest BCUT2D eigenvalue weighted by Crippen LogP contribution is -2.06. The molecule has 7 nitrogen and oxygen atoms in total. The summed E-state index contributed by atoms with van der Waals surface area (Å²) < 4.78 is 5.26. The molecule has 0 spiro atoms. The van der Waals surface area contributed by atoms with Crippen molar-refractivity contribution < 1.29 is 4.52 Å². The largest absolute Gasteiger partial charge is 0.334 e. The number of hydrogen-bond acceptors (Lipinski definition) is 7. The molecule has 0 radical (unpaired) electrons. The predicted molar refractivity (Wildman–Crippen MR) is 88.5 cm³/mol. The summed E-state index contributed by atoms with van der Waals surface area (Å²) in [7, 11) is 0. The third-order valence-electron chi connectivity index (χ3n) is 3.62. The Hall–Kier alpha value is -2.87. The van der Waals surface area contributed by atoms with E-state index in [0.717, 1.165) is 5.56 Å². The number of rotatable bonds is 5. The first-order chi connectivity index (χ1) is 11.8. The number of thiophene rings is 1. The number of aryl methyl sites for hydroxylation is 1. The van der Waals surface area contributed by atoms with Crippen LogP contribution >= 0.6 is 11.3 Å². The summed E-state index contributed by atoms with van der Waals surface area (Å²) in [6.45, 7) is 2.40. The smallest absolute Gasteiger partial charge is 0.258 e. The van der Waals surface area contributed by atoms with Gasteiger partial charge in [-0.1, -0.05) is 29.4 Å². The highest BCUT2D eigenvalue weighted by atomic mass is 32.1. The van der Waals surface area contributed by atoms with Crippen molar-refractivity contribution >= 4 is 11.3 Å². The fourth-order valence-electron chi connectivity index (χ4n) is 2.34. The fourth-order valence-corrected chi connectivity index (χ4v) is 2.97. The molecule has 8 heteroatoms. The zero-order valence-corrected chi connectivity index (χ0v) is 13.8. The van der Waals surface area contributed by atoms with Crippen LogP contribution in [0.3, 0.4) is 0 Å². The first-order valence-electron chi connectivity index (χ1n) is 7.44. The van der Waals surface area contributed by atoms with E-state index in [1.807, 2.05) is 29.0 Å². The van der Waals surface area contributed by atoms with Crippen LogP contribution in [0.1, 0.15) is 22.8 Å². The summed E-state index contributed by atoms with van der Waals surface area (Å²) in [4.78, 5) is 5.84. The molecule has 0 N–H and O–H groups in total. The first-order valence-corrected chi connectivity index (χ1v) is 8.38. The molecule has 3 aromatic heterocycles. The zero-order valence-electron chi connectivity index (χ0n) is 13.0. The molecule has 0 unspecified atom stereocenters. The van der Waals surface area contributed by atoms with Crippen LogP contribution < -0.4 is 0 Å². The zero-order chi connectivity index (χ0) is 16.4. The lowest BCUT2D eigenvalue weighted by molar-refractivity contribution is 0.415. The predicted octanol–water partition coefficient (Wildman–Crippen LogP) is 2.73. The molecule has 0 saturated heterocycles. The molecule has 0 fully saturated rings. The van der Waals surface area contributed by atoms with Gasteiger partial charge in [-0.2, -0.15) is 21.1 Å². The minimum Gasteiger partial charge on any atom is -0.334 e. The number of tetrazole rings is 1. The van der Waals surface area contributed by atoms with Crippen molar-refractivity contribution in [1.29, 1.82) is 0 Å². The SMILES string of the molecule is Cc1ccccc1Cc1nnn(Cc2noc(-c3ccsc3)n2)n1. The Morgan fingerprint density at radius 2 is 2.08 bits per heavy atom. The van der Waals surface area contributed by atoms with Crippen molar-refractivity contribution in [1.82, 2.24) is 30.3 Å². The third kappa shape index (κ3) is 3.09. The Labute approximate surface area is 142 Å². The topological polar surface area (TPSA) is 82.5 Å². The Balaban J connectivity index is 1.47. The molecule has 4 aromatic rings. The van der Waals surface area contributed by atoms with E-state index >= 15 is 0 Å². The van der Waals surface area contributed by atoms with E-state index in [1.165, 1.54) is 15.9 Å². The van der Waals surface area contributed by atoms with Gasteiger partial charge in [0.15, 0.2) is 11.6 Å². The third-order valence-corrected chi connectivity index (χ3v) is 4.31. The van der Waals surface area contributed by atoms with Gasteiger partial charge in [-0.15, -0.1) is 10.2 Å². The highest BCUT2D eigenvalue weighted by molar-refractivity contribution is 7.08. The van der Waals surface area contributed by atoms with Gasteiger partial charge in [0.1, 0.15) is 6.54 Å². The second-order valence-corrected chi connectivity index (χ2v) is 6.15. The van der Waals surface area contributed by atoms with Gasteiger partial charge >= 0.3 is 0 Å². The summed E-state index contributed by atoms with van der Waals surface area (Å²) >= 11 is 1.59. The Kier molecular flexibility index (Phi) is 3.87. The molecule has 0 amide bonds. The molecule has 0 bridgehead atoms. The maximum atomic E-state index is 5.26. The molecule has 3 heterocycles. The van der Waals surface area contributed by atoms with Crippen LogP contribution in [0.25, 0.3) is 11.5 Å². The lowest BCUT2D eigenvalue weighted by Gasteiger charge is -2.00. The Morgan fingerprint density at radius 3 is 2.92 bits per heavy atom. The van der Waals surface area contributed by atoms with E-state index in [2.05, 4.69) is 44.6 Å². The summed E-state index contributed by atoms with van der Waals surface area (Å²) in [5.74, 6) is 1.70. The number of aromatic nitrogens is 6. The number of nitrogens with zero attached hydrogens (tertiary/aromatic N) is 6. The van der Waals surface area contributed by atoms with Crippen LogP contribution in [0.15, 0.2) is 45.6 Å². The monoisotopic (exact) mass is 338 g/mol. The van der Waals surface area contributed by atoms with Crippen LogP contribution in [0.2, 0.25) is 0 Å². The molecule has 0 aliphatic carbocycles. The Morgan fingerprint density at radius 1 is 1.17 bits per heavy atom. The van der Waals surface area contributed by atoms with Crippen LogP contribution in [-0.4, -0.2) is 30.3 Å². The summed E-state index contributed by atoms with van der Waals surface area (Å²) in [6.07, 6.45) is 0.652. The lowest BCUT2D eigenvalue weighted by atomic mass is 10.1. The molecule has 1 aromatic carbocycles. The minimum atomic E-state index is 0.328. The normalized spacial score (nSPS) is 11.0. The van der Waals surface area contributed by atoms with Gasteiger partial charge in [0, 0.05) is 11.8 Å². The van der Waals surface area contributed by atoms with Crippen LogP contribution in [0.5, 0.6) is 0 Å². The van der Waals surface area contributed by atoms with Gasteiger partial charge in [-0.3, -0.25) is 0 Å². The summed E-state index contributed by atoms with van der Waals surface area (Å²) in [5.41, 5.74) is 3.33. The maximum absolute atomic E-state index is 5.26. The van der Waals surface area contributed by atoms with E-state index in [1.54, 1.807) is 11.3 Å². The molecular weight excluding hydrogens is 324 g/mol. The highest BCUT2D eigenvalue weighted by Gasteiger charge is 2.12. The van der Waals surface area contributed by atoms with E-state index in [0.29, 0.717) is 30.5 Å². The van der Waals surface area contributed by atoms with Gasteiger partial charge in [0.2, 0.25) is 0 Å². The van der Waals surface area contributed by atoms with Gasteiger partial charge in [0.25, 0.3) is 5.89 Å². The average Bonchev–Trinajstić information content (AvgIpc) is 3.32. The van der Waals surface area contributed by atoms with Crippen molar-refractivity contribution in [3.05, 3.63) is 63.9 Å². The second kappa shape index (κ2) is 6.32. The molecule has 0 saturated carbocycles. The van der Waals surface area contributed by atoms with Crippen molar-refractivity contribution in [2.24, 2.45) is 0 Å². The number of hydrogen-bond donors (Lipinski definition) is 0. The molecule has 24 heavy (non-hydrogen) atoms. The fraction of sp³-hybridized carbons (Fsp3) is 0.188. The van der Waals surface area contributed by atoms with Crippen molar-refractivity contribution in [3.8, 4) is 11.5 Å². The van der Waals surface area contributed by atoms with E-state index in [4.69, 9.17) is 4.52 Å². The van der Waals surface area contributed by atoms with Gasteiger partial charge in [-0.05, 0) is 34.7 Å². The number of benzene rings is 1. The maximum Gasteiger partial charge on any atom is 0.258 e. The van der Waals surface area contributed by atoms with E-state index < -0.39 is 0 Å². The first kappa shape index (κ1) is 14.7. The van der Waals surface area contributed by atoms with Crippen LogP contribution in [-0.2, 0) is 13.0 Å². The van der Waals surface area contributed by atoms with Crippen LogP contribution in [0, 0.1) is 6.92 Å². The molecule has 0 aliphatic rings. The van der Waals surface area contributed by atoms with Gasteiger partial charge in [0.05, 0.1) is 5.56 Å². The molecule has 120 valence electrons. The van der Waals surface area contributed by atoms with Crippen molar-refractivity contribution in [2.75, 3.05) is 0 Å². The second-order valence-electron chi connectivity index (χ2n) is 5.37. The average molecular weight is 338 g/mol. The van der Waals surface area contributed by atoms with Crippen molar-refractivity contribution in [3.63, 3.8) is 0 Å². The Bertz CT molecular complexity index is 943. The van der Waals surface area contributed by atoms with Gasteiger partial charge in [-0.25, -0.2) is 0 Å².